The first kappa shape index (κ1) is 24.7. The zero-order chi connectivity index (χ0) is 25.6. The van der Waals surface area contributed by atoms with Crippen LogP contribution in [0.4, 0.5) is 4.39 Å². The molecule has 0 aliphatic heterocycles. The van der Waals surface area contributed by atoms with Crippen LogP contribution in [-0.4, -0.2) is 27.0 Å². The van der Waals surface area contributed by atoms with E-state index in [1.165, 1.54) is 23.3 Å². The number of hydrogen-bond acceptors (Lipinski definition) is 4. The number of aromatic nitrogens is 3. The number of hydrogen-bond donors (Lipinski definition) is 1. The minimum absolute atomic E-state index is 0.0695. The molecule has 3 aromatic carbocycles. The van der Waals surface area contributed by atoms with Gasteiger partial charge in [-0.2, -0.15) is 0 Å². The number of nitrogens with zero attached hydrogens (tertiary/aromatic N) is 3. The first-order chi connectivity index (χ1) is 18.0. The number of fused-ring (bicyclic) bond motifs is 1. The van der Waals surface area contributed by atoms with Crippen molar-refractivity contribution in [2.75, 3.05) is 6.54 Å². The number of amides is 1. The maximum Gasteiger partial charge on any atom is 0.251 e. The van der Waals surface area contributed by atoms with Crippen molar-refractivity contribution in [3.63, 3.8) is 0 Å². The molecule has 0 spiro atoms. The summed E-state index contributed by atoms with van der Waals surface area (Å²) < 4.78 is 15.5. The molecule has 0 radical (unpaired) electrons. The van der Waals surface area contributed by atoms with Crippen molar-refractivity contribution in [2.24, 2.45) is 0 Å². The summed E-state index contributed by atoms with van der Waals surface area (Å²) in [5.74, 6) is 0.383. The summed E-state index contributed by atoms with van der Waals surface area (Å²) in [5.41, 5.74) is 6.98. The van der Waals surface area contributed by atoms with Gasteiger partial charge in [0, 0.05) is 24.1 Å². The number of carbonyl (C=O) groups is 1. The Bertz CT molecular complexity index is 1500. The van der Waals surface area contributed by atoms with Crippen LogP contribution in [0.15, 0.2) is 96.4 Å². The molecular formula is C30H27FN4OS. The van der Waals surface area contributed by atoms with Crippen molar-refractivity contribution in [3.8, 4) is 0 Å². The van der Waals surface area contributed by atoms with E-state index < -0.39 is 0 Å². The summed E-state index contributed by atoms with van der Waals surface area (Å²) in [4.78, 5) is 21.6. The average Bonchev–Trinajstić information content (AvgIpc) is 3.27. The van der Waals surface area contributed by atoms with Crippen LogP contribution >= 0.6 is 11.8 Å². The molecular weight excluding hydrogens is 483 g/mol. The standard InChI is InChI=1S/C30H27FN4OS/c1-21-2-4-22(5-3-21)14-17-33-29(36)25-10-6-24(7-11-25)20-37-30-34-27-15-16-32-18-28(27)35(30)19-23-8-12-26(31)13-9-23/h2-13,15-16,18H,14,17,19-20H2,1H3,(H,33,36). The molecule has 5 aromatic rings. The van der Waals surface area contributed by atoms with Crippen molar-refractivity contribution < 1.29 is 9.18 Å². The normalized spacial score (nSPS) is 11.1. The molecule has 2 aromatic heterocycles. The highest BCUT2D eigenvalue weighted by molar-refractivity contribution is 7.98. The topological polar surface area (TPSA) is 59.8 Å². The van der Waals surface area contributed by atoms with E-state index in [2.05, 4.69) is 46.1 Å². The monoisotopic (exact) mass is 510 g/mol. The third-order valence-corrected chi connectivity index (χ3v) is 7.22. The predicted molar refractivity (Wildman–Crippen MR) is 146 cm³/mol. The Kier molecular flexibility index (Phi) is 7.61. The second kappa shape index (κ2) is 11.4. The molecule has 0 saturated heterocycles. The number of rotatable bonds is 9. The van der Waals surface area contributed by atoms with Crippen molar-refractivity contribution in [1.82, 2.24) is 19.9 Å². The quantitative estimate of drug-likeness (QED) is 0.240. The van der Waals surface area contributed by atoms with E-state index in [1.54, 1.807) is 30.1 Å². The van der Waals surface area contributed by atoms with Crippen LogP contribution in [0.3, 0.4) is 0 Å². The molecule has 1 amide bonds. The van der Waals surface area contributed by atoms with Crippen molar-refractivity contribution >= 4 is 28.7 Å². The Hall–Kier alpha value is -3.97. The van der Waals surface area contributed by atoms with Crippen molar-refractivity contribution in [1.29, 1.82) is 0 Å². The largest absolute Gasteiger partial charge is 0.352 e. The SMILES string of the molecule is Cc1ccc(CCNC(=O)c2ccc(CSc3nc4ccncc4n3Cc3ccc(F)cc3)cc2)cc1. The number of benzene rings is 3. The predicted octanol–water partition coefficient (Wildman–Crippen LogP) is 6.19. The molecule has 0 unspecified atom stereocenters. The van der Waals surface area contributed by atoms with Gasteiger partial charge < -0.3 is 9.88 Å². The lowest BCUT2D eigenvalue weighted by Crippen LogP contribution is -2.25. The highest BCUT2D eigenvalue weighted by Crippen LogP contribution is 2.27. The van der Waals surface area contributed by atoms with Crippen LogP contribution in [0.2, 0.25) is 0 Å². The summed E-state index contributed by atoms with van der Waals surface area (Å²) >= 11 is 1.62. The van der Waals surface area contributed by atoms with Gasteiger partial charge in [-0.3, -0.25) is 9.78 Å². The van der Waals surface area contributed by atoms with Gasteiger partial charge in [0.1, 0.15) is 5.82 Å². The zero-order valence-electron chi connectivity index (χ0n) is 20.5. The maximum atomic E-state index is 13.4. The van der Waals surface area contributed by atoms with E-state index >= 15 is 0 Å². The van der Waals surface area contributed by atoms with E-state index in [0.717, 1.165) is 33.7 Å². The number of thioether (sulfide) groups is 1. The fourth-order valence-corrected chi connectivity index (χ4v) is 5.03. The molecule has 7 heteroatoms. The van der Waals surface area contributed by atoms with Crippen molar-refractivity contribution in [3.05, 3.63) is 125 Å². The van der Waals surface area contributed by atoms with Gasteiger partial charge in [-0.1, -0.05) is 65.9 Å². The molecule has 0 aliphatic carbocycles. The van der Waals surface area contributed by atoms with Gasteiger partial charge in [0.25, 0.3) is 5.91 Å². The van der Waals surface area contributed by atoms with Gasteiger partial charge in [-0.15, -0.1) is 0 Å². The summed E-state index contributed by atoms with van der Waals surface area (Å²) in [7, 11) is 0. The van der Waals surface area contributed by atoms with Crippen LogP contribution in [0.25, 0.3) is 11.0 Å². The maximum absolute atomic E-state index is 13.4. The summed E-state index contributed by atoms with van der Waals surface area (Å²) in [6.45, 7) is 3.24. The van der Waals surface area contributed by atoms with E-state index in [9.17, 15) is 9.18 Å². The third-order valence-electron chi connectivity index (χ3n) is 6.17. The summed E-state index contributed by atoms with van der Waals surface area (Å²) in [6, 6.07) is 24.5. The third kappa shape index (κ3) is 6.24. The van der Waals surface area contributed by atoms with Gasteiger partial charge in [-0.25, -0.2) is 9.37 Å². The van der Waals surface area contributed by atoms with Crippen LogP contribution in [-0.2, 0) is 18.7 Å². The summed E-state index contributed by atoms with van der Waals surface area (Å²) in [5, 5.41) is 3.87. The molecule has 37 heavy (non-hydrogen) atoms. The Balaban J connectivity index is 1.21. The number of aryl methyl sites for hydroxylation is 1. The fraction of sp³-hybridized carbons (Fsp3) is 0.167. The number of imidazole rings is 1. The van der Waals surface area contributed by atoms with Crippen LogP contribution in [0, 0.1) is 12.7 Å². The second-order valence-electron chi connectivity index (χ2n) is 8.95. The Morgan fingerprint density at radius 3 is 2.38 bits per heavy atom. The smallest absolute Gasteiger partial charge is 0.251 e. The number of halogens is 1. The lowest BCUT2D eigenvalue weighted by Gasteiger charge is -2.10. The summed E-state index contributed by atoms with van der Waals surface area (Å²) in [6.07, 6.45) is 4.34. The molecule has 186 valence electrons. The van der Waals surface area contributed by atoms with Gasteiger partial charge in [0.2, 0.25) is 0 Å². The highest BCUT2D eigenvalue weighted by atomic mass is 32.2. The van der Waals surface area contributed by atoms with Crippen molar-refractivity contribution in [2.45, 2.75) is 30.8 Å². The molecule has 0 bridgehead atoms. The molecule has 1 N–H and O–H groups in total. The highest BCUT2D eigenvalue weighted by Gasteiger charge is 2.13. The van der Waals surface area contributed by atoms with Gasteiger partial charge in [-0.05, 0) is 60.4 Å². The van der Waals surface area contributed by atoms with E-state index in [1.807, 2.05) is 36.5 Å². The minimum Gasteiger partial charge on any atom is -0.352 e. The van der Waals surface area contributed by atoms with Crippen LogP contribution < -0.4 is 5.32 Å². The van der Waals surface area contributed by atoms with Crippen LogP contribution in [0.5, 0.6) is 0 Å². The Morgan fingerprint density at radius 1 is 0.919 bits per heavy atom. The molecule has 5 rings (SSSR count). The average molecular weight is 511 g/mol. The fourth-order valence-electron chi connectivity index (χ4n) is 4.06. The lowest BCUT2D eigenvalue weighted by molar-refractivity contribution is 0.0954. The van der Waals surface area contributed by atoms with E-state index in [-0.39, 0.29) is 11.7 Å². The first-order valence-electron chi connectivity index (χ1n) is 12.2. The number of pyridine rings is 1. The van der Waals surface area contributed by atoms with Gasteiger partial charge >= 0.3 is 0 Å². The van der Waals surface area contributed by atoms with Gasteiger partial charge in [0.15, 0.2) is 5.16 Å². The number of carbonyl (C=O) groups excluding carboxylic acids is 1. The molecule has 0 fully saturated rings. The zero-order valence-corrected chi connectivity index (χ0v) is 21.3. The molecule has 0 saturated carbocycles. The Labute approximate surface area is 219 Å². The second-order valence-corrected chi connectivity index (χ2v) is 9.89. The molecule has 2 heterocycles. The molecule has 0 aliphatic rings. The molecule has 5 nitrogen and oxygen atoms in total. The Morgan fingerprint density at radius 2 is 1.62 bits per heavy atom. The number of nitrogens with one attached hydrogen (secondary N) is 1. The molecule has 0 atom stereocenters. The minimum atomic E-state index is -0.251. The van der Waals surface area contributed by atoms with E-state index in [0.29, 0.717) is 24.4 Å². The van der Waals surface area contributed by atoms with Crippen LogP contribution in [0.1, 0.15) is 32.6 Å². The van der Waals surface area contributed by atoms with E-state index in [4.69, 9.17) is 4.98 Å². The first-order valence-corrected chi connectivity index (χ1v) is 13.1. The van der Waals surface area contributed by atoms with Gasteiger partial charge in [0.05, 0.1) is 23.8 Å². The lowest BCUT2D eigenvalue weighted by atomic mass is 10.1.